The fraction of sp³-hybridized carbons (Fsp3) is 0.467. The molecular weight excluding hydrogens is 575 g/mol. The number of ether oxygens (including phenoxy) is 2. The molecule has 43 heavy (non-hydrogen) atoms. The van der Waals surface area contributed by atoms with Crippen LogP contribution in [0.1, 0.15) is 54.1 Å². The fourth-order valence-electron chi connectivity index (χ4n) is 5.30. The van der Waals surface area contributed by atoms with Crippen LogP contribution in [0.2, 0.25) is 0 Å². The fourth-order valence-corrected chi connectivity index (χ4v) is 5.30. The van der Waals surface area contributed by atoms with E-state index in [1.165, 1.54) is 28.8 Å². The zero-order chi connectivity index (χ0) is 31.5. The number of halogens is 5. The van der Waals surface area contributed by atoms with Crippen LogP contribution in [0.15, 0.2) is 36.5 Å². The van der Waals surface area contributed by atoms with E-state index in [1.807, 2.05) is 13.8 Å². The number of nitrogens with one attached hydrogen (secondary N) is 1. The number of benzene rings is 2. The van der Waals surface area contributed by atoms with Crippen LogP contribution in [0.5, 0.6) is 5.75 Å². The zero-order valence-corrected chi connectivity index (χ0v) is 24.1. The summed E-state index contributed by atoms with van der Waals surface area (Å²) in [4.78, 5) is 27.3. The Bertz CT molecular complexity index is 1460. The molecule has 2 heterocycles. The summed E-state index contributed by atoms with van der Waals surface area (Å²) in [5.74, 6) is -3.07. The van der Waals surface area contributed by atoms with E-state index < -0.39 is 35.7 Å². The first-order chi connectivity index (χ1) is 20.3. The van der Waals surface area contributed by atoms with Crippen molar-refractivity contribution in [1.29, 1.82) is 0 Å². The van der Waals surface area contributed by atoms with Gasteiger partial charge in [-0.15, -0.1) is 13.2 Å². The van der Waals surface area contributed by atoms with Crippen molar-refractivity contribution in [2.24, 2.45) is 11.7 Å². The highest BCUT2D eigenvalue weighted by Gasteiger charge is 2.35. The zero-order valence-electron chi connectivity index (χ0n) is 24.1. The minimum atomic E-state index is -5.06. The van der Waals surface area contributed by atoms with Gasteiger partial charge in [0.2, 0.25) is 5.91 Å². The number of carbonyl (C=O) groups excluding carboxylic acids is 2. The predicted octanol–water partition coefficient (Wildman–Crippen LogP) is 5.08. The Labute approximate surface area is 245 Å². The molecule has 1 aliphatic rings. The summed E-state index contributed by atoms with van der Waals surface area (Å²) in [5.41, 5.74) is 6.70. The summed E-state index contributed by atoms with van der Waals surface area (Å²) in [6.45, 7) is 4.47. The van der Waals surface area contributed by atoms with Gasteiger partial charge >= 0.3 is 6.36 Å². The van der Waals surface area contributed by atoms with Gasteiger partial charge in [-0.25, -0.2) is 8.78 Å². The minimum Gasteiger partial charge on any atom is -0.405 e. The Morgan fingerprint density at radius 2 is 1.77 bits per heavy atom. The lowest BCUT2D eigenvalue weighted by atomic mass is 9.88. The summed E-state index contributed by atoms with van der Waals surface area (Å²) in [5, 5.41) is 2.49. The monoisotopic (exact) mass is 610 g/mol. The molecule has 234 valence electrons. The summed E-state index contributed by atoms with van der Waals surface area (Å²) >= 11 is 0. The molecule has 1 fully saturated rings. The van der Waals surface area contributed by atoms with Crippen molar-refractivity contribution in [2.75, 3.05) is 26.8 Å². The molecule has 0 radical (unpaired) electrons. The Kier molecular flexibility index (Phi) is 9.96. The third-order valence-electron chi connectivity index (χ3n) is 7.69. The van der Waals surface area contributed by atoms with Crippen LogP contribution in [0.4, 0.5) is 22.0 Å². The lowest BCUT2D eigenvalue weighted by molar-refractivity contribution is -0.274. The molecule has 1 saturated heterocycles. The molecular formula is C30H35F5N4O4. The Morgan fingerprint density at radius 3 is 2.40 bits per heavy atom. The minimum absolute atomic E-state index is 0.0404. The molecule has 2 amide bonds. The Balaban J connectivity index is 1.53. The molecule has 3 aromatic rings. The smallest absolute Gasteiger partial charge is 0.405 e. The van der Waals surface area contributed by atoms with Crippen LogP contribution in [0, 0.1) is 17.6 Å². The normalized spacial score (nSPS) is 15.3. The second-order valence-corrected chi connectivity index (χ2v) is 11.0. The predicted molar refractivity (Wildman–Crippen MR) is 149 cm³/mol. The van der Waals surface area contributed by atoms with Crippen molar-refractivity contribution >= 4 is 22.7 Å². The maximum Gasteiger partial charge on any atom is 0.573 e. The number of aromatic nitrogens is 1. The molecule has 0 spiro atoms. The van der Waals surface area contributed by atoms with Gasteiger partial charge in [0.1, 0.15) is 17.4 Å². The van der Waals surface area contributed by atoms with E-state index in [9.17, 15) is 31.5 Å². The number of fused-ring (bicyclic) bond motifs is 1. The summed E-state index contributed by atoms with van der Waals surface area (Å²) in [7, 11) is 1.42. The highest BCUT2D eigenvalue weighted by Crippen LogP contribution is 2.38. The lowest BCUT2D eigenvalue weighted by Gasteiger charge is -2.32. The van der Waals surface area contributed by atoms with Gasteiger partial charge in [-0.05, 0) is 54.0 Å². The van der Waals surface area contributed by atoms with Gasteiger partial charge in [-0.1, -0.05) is 26.0 Å². The van der Waals surface area contributed by atoms with Crippen molar-refractivity contribution in [1.82, 2.24) is 14.8 Å². The highest BCUT2D eigenvalue weighted by atomic mass is 19.4. The molecule has 0 saturated carbocycles. The highest BCUT2D eigenvalue weighted by molar-refractivity contribution is 6.09. The van der Waals surface area contributed by atoms with Crippen molar-refractivity contribution in [2.45, 2.75) is 58.1 Å². The van der Waals surface area contributed by atoms with Crippen LogP contribution < -0.4 is 15.8 Å². The summed E-state index contributed by atoms with van der Waals surface area (Å²) in [6.07, 6.45) is -2.97. The van der Waals surface area contributed by atoms with Gasteiger partial charge in [0.15, 0.2) is 0 Å². The van der Waals surface area contributed by atoms with Crippen molar-refractivity contribution in [3.63, 3.8) is 0 Å². The van der Waals surface area contributed by atoms with Gasteiger partial charge in [-0.2, -0.15) is 0 Å². The summed E-state index contributed by atoms with van der Waals surface area (Å²) in [6, 6.07) is 5.65. The van der Waals surface area contributed by atoms with E-state index in [2.05, 4.69) is 10.1 Å². The molecule has 1 aliphatic heterocycles. The standard InChI is InChI=1S/C30H35F5N4O4/c1-17(2)26(36)28(40)37-15-18-4-5-22(31)20(14-18)19-8-10-38(11-9-19)29(41)21-16-39(12-13-42-3)27-23(32)6-7-24(25(21)27)43-30(33,34)35/h4-7,14,16-17,19,26H,8-13,15,36H2,1-3H3,(H,37,40). The van der Waals surface area contributed by atoms with Crippen LogP contribution in [0.25, 0.3) is 10.9 Å². The molecule has 1 atom stereocenters. The number of methoxy groups -OCH3 is 1. The number of likely N-dealkylation sites (tertiary alicyclic amines) is 1. The molecule has 1 aromatic heterocycles. The average Bonchev–Trinajstić information content (AvgIpc) is 3.36. The molecule has 4 rings (SSSR count). The first kappa shape index (κ1) is 32.2. The topological polar surface area (TPSA) is 98.8 Å². The van der Waals surface area contributed by atoms with Gasteiger partial charge in [-0.3, -0.25) is 9.59 Å². The van der Waals surface area contributed by atoms with E-state index in [0.29, 0.717) is 24.0 Å². The number of rotatable bonds is 10. The second-order valence-electron chi connectivity index (χ2n) is 11.0. The van der Waals surface area contributed by atoms with Gasteiger partial charge in [0, 0.05) is 39.5 Å². The SMILES string of the molecule is COCCn1cc(C(=O)N2CCC(c3cc(CNC(=O)C(N)C(C)C)ccc3F)CC2)c2c(OC(F)(F)F)ccc(F)c21. The van der Waals surface area contributed by atoms with Gasteiger partial charge in [0.05, 0.1) is 29.1 Å². The average molecular weight is 611 g/mol. The van der Waals surface area contributed by atoms with Gasteiger partial charge in [0.25, 0.3) is 5.91 Å². The lowest BCUT2D eigenvalue weighted by Crippen LogP contribution is -2.43. The number of carbonyl (C=O) groups is 2. The van der Waals surface area contributed by atoms with Crippen molar-refractivity contribution in [3.8, 4) is 5.75 Å². The maximum atomic E-state index is 14.9. The molecule has 2 aromatic carbocycles. The second kappa shape index (κ2) is 13.3. The number of nitrogens with zero attached hydrogens (tertiary/aromatic N) is 2. The number of nitrogens with two attached hydrogens (primary N) is 1. The quantitative estimate of drug-likeness (QED) is 0.312. The van der Waals surface area contributed by atoms with E-state index in [1.54, 1.807) is 12.1 Å². The third-order valence-corrected chi connectivity index (χ3v) is 7.69. The van der Waals surface area contributed by atoms with Gasteiger partial charge < -0.3 is 30.0 Å². The van der Waals surface area contributed by atoms with E-state index in [-0.39, 0.29) is 67.0 Å². The number of hydrogen-bond acceptors (Lipinski definition) is 5. The number of hydrogen-bond donors (Lipinski definition) is 2. The maximum absolute atomic E-state index is 14.9. The molecule has 0 aliphatic carbocycles. The molecule has 0 bridgehead atoms. The third kappa shape index (κ3) is 7.45. The number of alkyl halides is 3. The molecule has 13 heteroatoms. The van der Waals surface area contributed by atoms with Crippen LogP contribution in [-0.2, 0) is 22.6 Å². The first-order valence-electron chi connectivity index (χ1n) is 14.0. The first-order valence-corrected chi connectivity index (χ1v) is 14.0. The van der Waals surface area contributed by atoms with E-state index >= 15 is 0 Å². The van der Waals surface area contributed by atoms with E-state index in [0.717, 1.165) is 12.1 Å². The summed E-state index contributed by atoms with van der Waals surface area (Å²) < 4.78 is 79.9. The largest absolute Gasteiger partial charge is 0.573 e. The Morgan fingerprint density at radius 1 is 1.09 bits per heavy atom. The number of piperidine rings is 1. The van der Waals surface area contributed by atoms with Crippen LogP contribution in [-0.4, -0.2) is 60.5 Å². The van der Waals surface area contributed by atoms with Crippen molar-refractivity contribution < 1.29 is 41.0 Å². The number of amides is 2. The van der Waals surface area contributed by atoms with Crippen LogP contribution in [0.3, 0.4) is 0 Å². The Hall–Kier alpha value is -3.71. The molecule has 8 nitrogen and oxygen atoms in total. The van der Waals surface area contributed by atoms with Crippen LogP contribution >= 0.6 is 0 Å². The molecule has 3 N–H and O–H groups in total. The van der Waals surface area contributed by atoms with Crippen molar-refractivity contribution in [3.05, 3.63) is 64.9 Å². The van der Waals surface area contributed by atoms with E-state index in [4.69, 9.17) is 10.5 Å². The molecule has 1 unspecified atom stereocenters.